The van der Waals surface area contributed by atoms with Crippen molar-refractivity contribution in [1.29, 1.82) is 0 Å². The smallest absolute Gasteiger partial charge is 0.256 e. The van der Waals surface area contributed by atoms with Crippen LogP contribution in [0.1, 0.15) is 22.3 Å². The van der Waals surface area contributed by atoms with Crippen molar-refractivity contribution in [1.82, 2.24) is 4.90 Å². The van der Waals surface area contributed by atoms with Crippen LogP contribution in [0.15, 0.2) is 17.0 Å². The first-order chi connectivity index (χ1) is 9.71. The number of halogens is 1. The Kier molecular flexibility index (Phi) is 4.31. The number of likely N-dealkylation sites (N-methyl/N-ethyl adjacent to an activating group) is 1. The van der Waals surface area contributed by atoms with Gasteiger partial charge in [0.15, 0.2) is 0 Å². The van der Waals surface area contributed by atoms with Gasteiger partial charge in [-0.1, -0.05) is 0 Å². The zero-order valence-corrected chi connectivity index (χ0v) is 12.6. The number of aryl methyl sites for hydroxylation is 1. The Morgan fingerprint density at radius 3 is 2.67 bits per heavy atom. The molecule has 1 fully saturated rings. The van der Waals surface area contributed by atoms with E-state index < -0.39 is 21.7 Å². The molecule has 0 saturated carbocycles. The van der Waals surface area contributed by atoms with E-state index in [1.165, 1.54) is 11.8 Å². The second-order valence-electron chi connectivity index (χ2n) is 5.08. The van der Waals surface area contributed by atoms with Gasteiger partial charge in [-0.15, -0.1) is 0 Å². The van der Waals surface area contributed by atoms with E-state index in [1.807, 2.05) is 0 Å². The molecule has 0 aliphatic carbocycles. The van der Waals surface area contributed by atoms with Gasteiger partial charge in [0.1, 0.15) is 5.82 Å². The van der Waals surface area contributed by atoms with E-state index >= 15 is 0 Å². The van der Waals surface area contributed by atoms with Crippen molar-refractivity contribution in [2.24, 2.45) is 5.14 Å². The van der Waals surface area contributed by atoms with E-state index in [0.29, 0.717) is 19.6 Å². The Bertz CT molecular complexity index is 669. The number of rotatable bonds is 3. The standard InChI is InChI=1S/C13H17FN2O4S/c1-8-5-10(21(15,18)19)6-11(12(8)14)13(17)16(2)9-3-4-20-7-9/h5-6,9H,3-4,7H2,1-2H3,(H2,15,18,19). The summed E-state index contributed by atoms with van der Waals surface area (Å²) < 4.78 is 42.2. The van der Waals surface area contributed by atoms with Crippen LogP contribution in [0.2, 0.25) is 0 Å². The van der Waals surface area contributed by atoms with E-state index in [-0.39, 0.29) is 22.1 Å². The molecule has 0 radical (unpaired) electrons. The molecule has 1 atom stereocenters. The Labute approximate surface area is 122 Å². The molecule has 0 aromatic heterocycles. The molecule has 1 heterocycles. The van der Waals surface area contributed by atoms with Gasteiger partial charge in [0.25, 0.3) is 5.91 Å². The average Bonchev–Trinajstić information content (AvgIpc) is 2.92. The van der Waals surface area contributed by atoms with Gasteiger partial charge in [0, 0.05) is 13.7 Å². The molecule has 21 heavy (non-hydrogen) atoms. The summed E-state index contributed by atoms with van der Waals surface area (Å²) in [4.78, 5) is 13.5. The summed E-state index contributed by atoms with van der Waals surface area (Å²) in [5.74, 6) is -1.32. The number of hydrogen-bond acceptors (Lipinski definition) is 4. The molecule has 2 N–H and O–H groups in total. The molecule has 8 heteroatoms. The van der Waals surface area contributed by atoms with Crippen molar-refractivity contribution in [3.05, 3.63) is 29.1 Å². The first kappa shape index (κ1) is 15.9. The number of hydrogen-bond donors (Lipinski definition) is 1. The number of ether oxygens (including phenoxy) is 1. The first-order valence-electron chi connectivity index (χ1n) is 6.39. The highest BCUT2D eigenvalue weighted by Gasteiger charge is 2.28. The SMILES string of the molecule is Cc1cc(S(N)(=O)=O)cc(C(=O)N(C)C2CCOC2)c1F. The number of benzene rings is 1. The molecule has 2 rings (SSSR count). The third kappa shape index (κ3) is 3.22. The lowest BCUT2D eigenvalue weighted by molar-refractivity contribution is 0.0706. The summed E-state index contributed by atoms with van der Waals surface area (Å²) in [5, 5.41) is 5.05. The van der Waals surface area contributed by atoms with E-state index in [1.54, 1.807) is 7.05 Å². The normalized spacial score (nSPS) is 18.8. The molecular weight excluding hydrogens is 299 g/mol. The van der Waals surface area contributed by atoms with Crippen LogP contribution >= 0.6 is 0 Å². The van der Waals surface area contributed by atoms with Crippen LogP contribution in [-0.4, -0.2) is 45.5 Å². The highest BCUT2D eigenvalue weighted by atomic mass is 32.2. The van der Waals surface area contributed by atoms with E-state index in [2.05, 4.69) is 0 Å². The summed E-state index contributed by atoms with van der Waals surface area (Å²) in [6.07, 6.45) is 0.664. The summed E-state index contributed by atoms with van der Waals surface area (Å²) in [7, 11) is -2.46. The van der Waals surface area contributed by atoms with Crippen LogP contribution in [-0.2, 0) is 14.8 Å². The van der Waals surface area contributed by atoms with Crippen molar-refractivity contribution >= 4 is 15.9 Å². The predicted molar refractivity (Wildman–Crippen MR) is 73.8 cm³/mol. The summed E-state index contributed by atoms with van der Waals surface area (Å²) in [5.41, 5.74) is -0.241. The first-order valence-corrected chi connectivity index (χ1v) is 7.94. The largest absolute Gasteiger partial charge is 0.379 e. The molecule has 1 aliphatic rings. The van der Waals surface area contributed by atoms with E-state index in [0.717, 1.165) is 12.1 Å². The molecule has 6 nitrogen and oxygen atoms in total. The predicted octanol–water partition coefficient (Wildman–Crippen LogP) is 0.642. The number of carbonyl (C=O) groups is 1. The monoisotopic (exact) mass is 316 g/mol. The minimum absolute atomic E-state index is 0.0564. The summed E-state index contributed by atoms with van der Waals surface area (Å²) in [6.45, 7) is 2.32. The fourth-order valence-electron chi connectivity index (χ4n) is 2.24. The zero-order chi connectivity index (χ0) is 15.8. The third-order valence-corrected chi connectivity index (χ3v) is 4.45. The maximum atomic E-state index is 14.2. The van der Waals surface area contributed by atoms with Crippen LogP contribution in [0.25, 0.3) is 0 Å². The molecule has 0 bridgehead atoms. The minimum Gasteiger partial charge on any atom is -0.379 e. The Balaban J connectivity index is 2.42. The number of carbonyl (C=O) groups excluding carboxylic acids is 1. The highest BCUT2D eigenvalue weighted by Crippen LogP contribution is 2.21. The van der Waals surface area contributed by atoms with Gasteiger partial charge in [0.05, 0.1) is 23.1 Å². The lowest BCUT2D eigenvalue weighted by atomic mass is 10.1. The maximum Gasteiger partial charge on any atom is 0.256 e. The van der Waals surface area contributed by atoms with Gasteiger partial charge >= 0.3 is 0 Å². The molecule has 1 aliphatic heterocycles. The third-order valence-electron chi connectivity index (χ3n) is 3.56. The van der Waals surface area contributed by atoms with Crippen LogP contribution < -0.4 is 5.14 Å². The Hall–Kier alpha value is -1.51. The van der Waals surface area contributed by atoms with Crippen molar-refractivity contribution in [2.75, 3.05) is 20.3 Å². The number of nitrogens with zero attached hydrogens (tertiary/aromatic N) is 1. The van der Waals surface area contributed by atoms with Crippen molar-refractivity contribution < 1.29 is 22.3 Å². The molecule has 1 amide bonds. The molecule has 116 valence electrons. The number of primary sulfonamides is 1. The number of sulfonamides is 1. The van der Waals surface area contributed by atoms with Crippen LogP contribution in [0.4, 0.5) is 4.39 Å². The Morgan fingerprint density at radius 2 is 2.14 bits per heavy atom. The lowest BCUT2D eigenvalue weighted by Crippen LogP contribution is -2.38. The highest BCUT2D eigenvalue weighted by molar-refractivity contribution is 7.89. The minimum atomic E-state index is -4.00. The van der Waals surface area contributed by atoms with E-state index in [9.17, 15) is 17.6 Å². The maximum absolute atomic E-state index is 14.2. The second kappa shape index (κ2) is 5.70. The quantitative estimate of drug-likeness (QED) is 0.886. The van der Waals surface area contributed by atoms with Gasteiger partial charge in [0.2, 0.25) is 10.0 Å². The van der Waals surface area contributed by atoms with Crippen LogP contribution in [0.3, 0.4) is 0 Å². The van der Waals surface area contributed by atoms with Crippen molar-refractivity contribution in [3.63, 3.8) is 0 Å². The molecule has 0 spiro atoms. The summed E-state index contributed by atoms with van der Waals surface area (Å²) in [6, 6.07) is 1.95. The van der Waals surface area contributed by atoms with Gasteiger partial charge in [-0.25, -0.2) is 17.9 Å². The molecule has 1 saturated heterocycles. The molecule has 1 unspecified atom stereocenters. The van der Waals surface area contributed by atoms with Crippen molar-refractivity contribution in [3.8, 4) is 0 Å². The average molecular weight is 316 g/mol. The summed E-state index contributed by atoms with van der Waals surface area (Å²) >= 11 is 0. The fourth-order valence-corrected chi connectivity index (χ4v) is 2.86. The van der Waals surface area contributed by atoms with Crippen LogP contribution in [0, 0.1) is 12.7 Å². The van der Waals surface area contributed by atoms with Crippen molar-refractivity contribution in [2.45, 2.75) is 24.3 Å². The molecule has 1 aromatic carbocycles. The van der Waals surface area contributed by atoms with Gasteiger partial charge in [-0.05, 0) is 31.0 Å². The van der Waals surface area contributed by atoms with Crippen LogP contribution in [0.5, 0.6) is 0 Å². The van der Waals surface area contributed by atoms with Gasteiger partial charge in [-0.3, -0.25) is 4.79 Å². The molecular formula is C13H17FN2O4S. The number of amides is 1. The van der Waals surface area contributed by atoms with Gasteiger partial charge < -0.3 is 9.64 Å². The number of nitrogens with two attached hydrogens (primary N) is 1. The topological polar surface area (TPSA) is 89.7 Å². The van der Waals surface area contributed by atoms with E-state index in [4.69, 9.17) is 9.88 Å². The second-order valence-corrected chi connectivity index (χ2v) is 6.64. The fraction of sp³-hybridized carbons (Fsp3) is 0.462. The zero-order valence-electron chi connectivity index (χ0n) is 11.8. The van der Waals surface area contributed by atoms with Gasteiger partial charge in [-0.2, -0.15) is 0 Å². The Morgan fingerprint density at radius 1 is 1.48 bits per heavy atom. The molecule has 1 aromatic rings. The lowest BCUT2D eigenvalue weighted by Gasteiger charge is -2.23.